The van der Waals surface area contributed by atoms with E-state index in [0.29, 0.717) is 13.0 Å². The Morgan fingerprint density at radius 2 is 1.79 bits per heavy atom. The lowest BCUT2D eigenvalue weighted by Gasteiger charge is -2.36. The van der Waals surface area contributed by atoms with E-state index < -0.39 is 0 Å². The molecule has 6 heteroatoms. The van der Waals surface area contributed by atoms with Gasteiger partial charge in [0.1, 0.15) is 5.75 Å². The molecule has 0 atom stereocenters. The van der Waals surface area contributed by atoms with Gasteiger partial charge in [-0.15, -0.1) is 0 Å². The van der Waals surface area contributed by atoms with Crippen LogP contribution in [-0.4, -0.2) is 56.7 Å². The predicted octanol–water partition coefficient (Wildman–Crippen LogP) is 3.94. The first kappa shape index (κ1) is 21.7. The highest BCUT2D eigenvalue weighted by Gasteiger charge is 2.16. The third kappa shape index (κ3) is 7.71. The number of amides is 1. The predicted molar refractivity (Wildman–Crippen MR) is 122 cm³/mol. The van der Waals surface area contributed by atoms with Crippen LogP contribution in [0.15, 0.2) is 59.1 Å². The van der Waals surface area contributed by atoms with Crippen LogP contribution in [0.1, 0.15) is 19.3 Å². The van der Waals surface area contributed by atoms with Crippen LogP contribution in [0.4, 0.5) is 5.69 Å². The Morgan fingerprint density at radius 3 is 2.55 bits per heavy atom. The molecule has 2 aromatic carbocycles. The summed E-state index contributed by atoms with van der Waals surface area (Å²) in [5.41, 5.74) is 1.31. The number of nitrogens with zero attached hydrogens (tertiary/aromatic N) is 2. The van der Waals surface area contributed by atoms with Crippen LogP contribution in [0.5, 0.6) is 5.75 Å². The van der Waals surface area contributed by atoms with Crippen molar-refractivity contribution in [3.8, 4) is 5.75 Å². The molecular formula is C23H30BrN3O2. The molecule has 0 bridgehead atoms. The zero-order valence-corrected chi connectivity index (χ0v) is 18.4. The van der Waals surface area contributed by atoms with Crippen LogP contribution in [0.3, 0.4) is 0 Å². The Morgan fingerprint density at radius 1 is 1.00 bits per heavy atom. The van der Waals surface area contributed by atoms with Gasteiger partial charge in [-0.2, -0.15) is 0 Å². The molecule has 0 saturated carbocycles. The van der Waals surface area contributed by atoms with Gasteiger partial charge in [-0.1, -0.05) is 40.2 Å². The van der Waals surface area contributed by atoms with E-state index in [1.807, 2.05) is 24.3 Å². The number of hydrogen-bond donors (Lipinski definition) is 1. The number of carbonyl (C=O) groups is 1. The molecule has 2 aromatic rings. The topological polar surface area (TPSA) is 44.8 Å². The summed E-state index contributed by atoms with van der Waals surface area (Å²) in [6.07, 6.45) is 2.22. The summed E-state index contributed by atoms with van der Waals surface area (Å²) >= 11 is 3.42. The van der Waals surface area contributed by atoms with Crippen LogP contribution in [-0.2, 0) is 4.79 Å². The quantitative estimate of drug-likeness (QED) is 0.546. The van der Waals surface area contributed by atoms with E-state index in [-0.39, 0.29) is 5.91 Å². The summed E-state index contributed by atoms with van der Waals surface area (Å²) < 4.78 is 6.66. The maximum atomic E-state index is 12.0. The summed E-state index contributed by atoms with van der Waals surface area (Å²) in [4.78, 5) is 16.9. The number of rotatable bonds is 10. The molecule has 0 aromatic heterocycles. The molecule has 1 heterocycles. The van der Waals surface area contributed by atoms with Crippen molar-refractivity contribution >= 4 is 27.5 Å². The molecule has 0 unspecified atom stereocenters. The van der Waals surface area contributed by atoms with Crippen molar-refractivity contribution in [2.75, 3.05) is 50.8 Å². The molecule has 1 aliphatic heterocycles. The number of nitrogens with one attached hydrogen (secondary N) is 1. The van der Waals surface area contributed by atoms with E-state index in [4.69, 9.17) is 4.74 Å². The van der Waals surface area contributed by atoms with Gasteiger partial charge in [0.15, 0.2) is 0 Å². The molecule has 1 amide bonds. The highest BCUT2D eigenvalue weighted by Crippen LogP contribution is 2.18. The number of benzene rings is 2. The first-order valence-corrected chi connectivity index (χ1v) is 11.2. The number of anilines is 1. The van der Waals surface area contributed by atoms with E-state index in [1.54, 1.807) is 0 Å². The Hall–Kier alpha value is -2.05. The highest BCUT2D eigenvalue weighted by atomic mass is 79.9. The van der Waals surface area contributed by atoms with Crippen LogP contribution in [0.25, 0.3) is 0 Å². The standard InChI is InChI=1S/C23H30BrN3O2/c24-20-7-4-10-22(19-20)29-18-5-11-23(28)25-12-6-13-26-14-16-27(17-15-26)21-8-2-1-3-9-21/h1-4,7-10,19H,5-6,11-18H2,(H,25,28). The van der Waals surface area contributed by atoms with Crippen molar-refractivity contribution in [3.05, 3.63) is 59.1 Å². The van der Waals surface area contributed by atoms with Gasteiger partial charge in [-0.3, -0.25) is 9.69 Å². The second-order valence-corrected chi connectivity index (χ2v) is 8.19. The minimum atomic E-state index is 0.108. The van der Waals surface area contributed by atoms with Gasteiger partial charge in [0.25, 0.3) is 0 Å². The smallest absolute Gasteiger partial charge is 0.220 e. The van der Waals surface area contributed by atoms with Gasteiger partial charge in [-0.25, -0.2) is 0 Å². The van der Waals surface area contributed by atoms with Crippen molar-refractivity contribution < 1.29 is 9.53 Å². The SMILES string of the molecule is O=C(CCCOc1cccc(Br)c1)NCCCN1CCN(c2ccccc2)CC1. The Kier molecular flexibility index (Phi) is 8.83. The normalized spacial score (nSPS) is 14.6. The van der Waals surface area contributed by atoms with E-state index in [2.05, 4.69) is 61.4 Å². The third-order valence-corrected chi connectivity index (χ3v) is 5.57. The monoisotopic (exact) mass is 459 g/mol. The van der Waals surface area contributed by atoms with Crippen LogP contribution in [0.2, 0.25) is 0 Å². The number of piperazine rings is 1. The lowest BCUT2D eigenvalue weighted by molar-refractivity contribution is -0.121. The fourth-order valence-electron chi connectivity index (χ4n) is 3.47. The van der Waals surface area contributed by atoms with E-state index in [9.17, 15) is 4.79 Å². The molecule has 156 valence electrons. The van der Waals surface area contributed by atoms with Crippen LogP contribution in [0, 0.1) is 0 Å². The second kappa shape index (κ2) is 11.8. The number of carbonyl (C=O) groups excluding carboxylic acids is 1. The molecule has 0 radical (unpaired) electrons. The second-order valence-electron chi connectivity index (χ2n) is 7.28. The molecule has 1 saturated heterocycles. The molecule has 29 heavy (non-hydrogen) atoms. The summed E-state index contributed by atoms with van der Waals surface area (Å²) in [6, 6.07) is 18.4. The maximum absolute atomic E-state index is 12.0. The average molecular weight is 460 g/mol. The Labute approximate surface area is 182 Å². The van der Waals surface area contributed by atoms with Crippen LogP contribution < -0.4 is 15.0 Å². The van der Waals surface area contributed by atoms with Crippen molar-refractivity contribution in [1.82, 2.24) is 10.2 Å². The molecule has 1 fully saturated rings. The minimum absolute atomic E-state index is 0.108. The van der Waals surface area contributed by atoms with Gasteiger partial charge >= 0.3 is 0 Å². The molecule has 5 nitrogen and oxygen atoms in total. The highest BCUT2D eigenvalue weighted by molar-refractivity contribution is 9.10. The van der Waals surface area contributed by atoms with Crippen LogP contribution >= 0.6 is 15.9 Å². The fraction of sp³-hybridized carbons (Fsp3) is 0.435. The van der Waals surface area contributed by atoms with Crippen molar-refractivity contribution in [2.45, 2.75) is 19.3 Å². The fourth-order valence-corrected chi connectivity index (χ4v) is 3.85. The molecular weight excluding hydrogens is 430 g/mol. The first-order chi connectivity index (χ1) is 14.2. The lowest BCUT2D eigenvalue weighted by Crippen LogP contribution is -2.47. The van der Waals surface area contributed by atoms with E-state index >= 15 is 0 Å². The summed E-state index contributed by atoms with van der Waals surface area (Å²) in [7, 11) is 0. The zero-order valence-electron chi connectivity index (χ0n) is 16.9. The maximum Gasteiger partial charge on any atom is 0.220 e. The van der Waals surface area contributed by atoms with Gasteiger partial charge in [0.2, 0.25) is 5.91 Å². The van der Waals surface area contributed by atoms with Gasteiger partial charge in [0, 0.05) is 49.3 Å². The van der Waals surface area contributed by atoms with Crippen molar-refractivity contribution in [2.24, 2.45) is 0 Å². The Balaban J connectivity index is 1.20. The first-order valence-electron chi connectivity index (χ1n) is 10.4. The lowest BCUT2D eigenvalue weighted by atomic mass is 10.2. The average Bonchev–Trinajstić information content (AvgIpc) is 2.75. The molecule has 1 N–H and O–H groups in total. The molecule has 0 aliphatic carbocycles. The summed E-state index contributed by atoms with van der Waals surface area (Å²) in [6.45, 7) is 6.61. The zero-order chi connectivity index (χ0) is 20.3. The minimum Gasteiger partial charge on any atom is -0.494 e. The number of hydrogen-bond acceptors (Lipinski definition) is 4. The third-order valence-electron chi connectivity index (χ3n) is 5.08. The largest absolute Gasteiger partial charge is 0.494 e. The number of ether oxygens (including phenoxy) is 1. The Bertz CT molecular complexity index is 749. The number of para-hydroxylation sites is 1. The van der Waals surface area contributed by atoms with E-state index in [0.717, 1.165) is 62.3 Å². The molecule has 3 rings (SSSR count). The summed E-state index contributed by atoms with van der Waals surface area (Å²) in [5.74, 6) is 0.934. The van der Waals surface area contributed by atoms with Gasteiger partial charge in [-0.05, 0) is 49.7 Å². The molecule has 1 aliphatic rings. The molecule has 0 spiro atoms. The number of halogens is 1. The van der Waals surface area contributed by atoms with Gasteiger partial charge < -0.3 is 15.0 Å². The van der Waals surface area contributed by atoms with Gasteiger partial charge in [0.05, 0.1) is 6.61 Å². The summed E-state index contributed by atoms with van der Waals surface area (Å²) in [5, 5.41) is 3.03. The van der Waals surface area contributed by atoms with Crippen molar-refractivity contribution in [1.29, 1.82) is 0 Å². The van der Waals surface area contributed by atoms with E-state index in [1.165, 1.54) is 5.69 Å². The van der Waals surface area contributed by atoms with Crippen molar-refractivity contribution in [3.63, 3.8) is 0 Å².